The summed E-state index contributed by atoms with van der Waals surface area (Å²) in [6.45, 7) is 4.83. The van der Waals surface area contributed by atoms with Crippen LogP contribution in [0.5, 0.6) is 0 Å². The maximum Gasteiger partial charge on any atom is 0.300 e. The molecule has 2 saturated heterocycles. The predicted octanol–water partition coefficient (Wildman–Crippen LogP) is -1.40. The lowest BCUT2D eigenvalue weighted by molar-refractivity contribution is -0.909. The van der Waals surface area contributed by atoms with E-state index in [2.05, 4.69) is 5.11 Å². The summed E-state index contributed by atoms with van der Waals surface area (Å²) in [5.74, 6) is -0.0959. The fourth-order valence-corrected chi connectivity index (χ4v) is 2.36. The molecule has 0 radical (unpaired) electrons. The van der Waals surface area contributed by atoms with E-state index in [1.54, 1.807) is 0 Å². The topological polar surface area (TPSA) is 108 Å². The molecule has 10 nitrogen and oxygen atoms in total. The van der Waals surface area contributed by atoms with E-state index in [9.17, 15) is 14.9 Å². The number of amides is 1. The highest BCUT2D eigenvalue weighted by Crippen LogP contribution is 2.21. The van der Waals surface area contributed by atoms with Crippen LogP contribution in [0.2, 0.25) is 0 Å². The number of carbonyl (C=O) groups is 1. The molecule has 3 aliphatic heterocycles. The molecule has 0 aromatic rings. The summed E-state index contributed by atoms with van der Waals surface area (Å²) >= 11 is 0. The molecular weight excluding hydrogens is 308 g/mol. The highest BCUT2D eigenvalue weighted by molar-refractivity contribution is 5.73. The van der Waals surface area contributed by atoms with Crippen molar-refractivity contribution in [2.45, 2.75) is 6.10 Å². The molecular formula is C13H16N4O6. The number of quaternary nitrogens is 1. The monoisotopic (exact) mass is 324 g/mol. The van der Waals surface area contributed by atoms with Gasteiger partial charge in [0.15, 0.2) is 12.8 Å². The average molecular weight is 324 g/mol. The molecule has 23 heavy (non-hydrogen) atoms. The Morgan fingerprint density at radius 3 is 3.04 bits per heavy atom. The molecule has 3 rings (SSSR count). The Hall–Kier alpha value is -2.43. The summed E-state index contributed by atoms with van der Waals surface area (Å²) in [7, 11) is 0. The smallest absolute Gasteiger partial charge is 0.300 e. The maximum atomic E-state index is 12.2. The Balaban J connectivity index is 1.56. The number of ether oxygens (including phenoxy) is 3. The van der Waals surface area contributed by atoms with E-state index in [4.69, 9.17) is 14.2 Å². The Labute approximate surface area is 131 Å². The van der Waals surface area contributed by atoms with Gasteiger partial charge in [-0.2, -0.15) is 10.8 Å². The Bertz CT molecular complexity index is 581. The summed E-state index contributed by atoms with van der Waals surface area (Å²) in [5.41, 5.74) is 0. The molecule has 10 heteroatoms. The van der Waals surface area contributed by atoms with E-state index in [1.807, 2.05) is 0 Å². The van der Waals surface area contributed by atoms with Crippen molar-refractivity contribution in [3.8, 4) is 0 Å². The van der Waals surface area contributed by atoms with Gasteiger partial charge in [-0.1, -0.05) is 0 Å². The third-order valence-corrected chi connectivity index (χ3v) is 3.60. The van der Waals surface area contributed by atoms with Crippen molar-refractivity contribution in [2.75, 3.05) is 32.8 Å². The number of hydrogen-bond acceptors (Lipinski definition) is 7. The van der Waals surface area contributed by atoms with Gasteiger partial charge in [0.25, 0.3) is 12.1 Å². The zero-order valence-corrected chi connectivity index (χ0v) is 12.2. The number of morpholine rings is 1. The van der Waals surface area contributed by atoms with Gasteiger partial charge in [-0.3, -0.25) is 10.1 Å². The van der Waals surface area contributed by atoms with Gasteiger partial charge in [-0.05, 0) is 5.11 Å². The van der Waals surface area contributed by atoms with E-state index in [0.29, 0.717) is 19.8 Å². The van der Waals surface area contributed by atoms with E-state index in [0.717, 1.165) is 17.8 Å². The molecule has 0 aromatic carbocycles. The van der Waals surface area contributed by atoms with Gasteiger partial charge in [0, 0.05) is 4.92 Å². The first-order valence-electron chi connectivity index (χ1n) is 7.15. The van der Waals surface area contributed by atoms with Crippen LogP contribution in [0.3, 0.4) is 0 Å². The van der Waals surface area contributed by atoms with Crippen molar-refractivity contribution in [1.29, 1.82) is 0 Å². The maximum absolute atomic E-state index is 12.2. The molecule has 0 bridgehead atoms. The van der Waals surface area contributed by atoms with Crippen LogP contribution in [-0.4, -0.2) is 54.5 Å². The lowest BCUT2D eigenvalue weighted by atomic mass is 10.3. The van der Waals surface area contributed by atoms with Crippen LogP contribution in [0.25, 0.3) is 0 Å². The van der Waals surface area contributed by atoms with Crippen molar-refractivity contribution in [2.24, 2.45) is 5.11 Å². The number of nitrogens with zero attached hydrogens (tertiary/aromatic N) is 3. The summed E-state index contributed by atoms with van der Waals surface area (Å²) < 4.78 is 16.6. The largest absolute Gasteiger partial charge is 0.504 e. The first kappa shape index (κ1) is 15.5. The van der Waals surface area contributed by atoms with Crippen molar-refractivity contribution in [3.63, 3.8) is 0 Å². The van der Waals surface area contributed by atoms with Crippen LogP contribution >= 0.6 is 0 Å². The van der Waals surface area contributed by atoms with Gasteiger partial charge in [0.2, 0.25) is 0 Å². The molecule has 3 heterocycles. The zero-order valence-electron chi connectivity index (χ0n) is 12.2. The Morgan fingerprint density at radius 1 is 1.57 bits per heavy atom. The number of allylic oxidation sites excluding steroid dienone is 1. The molecule has 3 aliphatic rings. The molecule has 124 valence electrons. The zero-order chi connectivity index (χ0) is 16.2. The van der Waals surface area contributed by atoms with Crippen molar-refractivity contribution < 1.29 is 33.5 Å². The molecule has 1 N–H and O–H groups in total. The normalized spacial score (nSPS) is 28.4. The lowest BCUT2D eigenvalue weighted by Gasteiger charge is -2.25. The molecule has 1 atom stereocenters. The number of nitro groups is 1. The lowest BCUT2D eigenvalue weighted by Crippen LogP contribution is -3.15. The van der Waals surface area contributed by atoms with Crippen molar-refractivity contribution in [1.82, 2.24) is 0 Å². The number of hydrogen-bond donors (Lipinski definition) is 1. The molecule has 0 spiro atoms. The van der Waals surface area contributed by atoms with Gasteiger partial charge in [-0.25, -0.2) is 0 Å². The van der Waals surface area contributed by atoms with Gasteiger partial charge in [0.05, 0.1) is 19.0 Å². The van der Waals surface area contributed by atoms with Gasteiger partial charge >= 0.3 is 0 Å². The first-order chi connectivity index (χ1) is 11.1. The number of carbonyl (C=O) groups excluding carboxylic acids is 1. The third kappa shape index (κ3) is 3.67. The van der Waals surface area contributed by atoms with Crippen molar-refractivity contribution in [3.05, 3.63) is 47.2 Å². The number of nitrogens with one attached hydrogen (secondary N) is 1. The standard InChI is InChI=1S/C13H15N4O6/c18-13-11(8-15-3-5-21-6-4-15)22-9-16(13)14-7-10-1-2-12(23-10)17(19)20/h1-2,7,9,11H,3-6,8H2/q-1/p+1. The van der Waals surface area contributed by atoms with Crippen LogP contribution in [0, 0.1) is 23.1 Å². The third-order valence-electron chi connectivity index (χ3n) is 3.60. The second-order valence-corrected chi connectivity index (χ2v) is 5.16. The minimum Gasteiger partial charge on any atom is -0.504 e. The van der Waals surface area contributed by atoms with E-state index < -0.39 is 11.0 Å². The molecule has 0 aliphatic carbocycles. The number of azo groups is 2. The fraction of sp³-hybridized carbons (Fsp3) is 0.462. The quantitative estimate of drug-likeness (QED) is 0.295. The molecule has 0 saturated carbocycles. The minimum absolute atomic E-state index is 0.181. The number of rotatable bonds is 4. The van der Waals surface area contributed by atoms with E-state index in [1.165, 1.54) is 30.0 Å². The van der Waals surface area contributed by atoms with E-state index >= 15 is 0 Å². The van der Waals surface area contributed by atoms with Crippen LogP contribution in [-0.2, 0) is 19.0 Å². The average Bonchev–Trinajstić information content (AvgIpc) is 3.15. The molecule has 0 aromatic heterocycles. The Kier molecular flexibility index (Phi) is 4.55. The Morgan fingerprint density at radius 2 is 2.35 bits per heavy atom. The first-order valence-corrected chi connectivity index (χ1v) is 7.15. The van der Waals surface area contributed by atoms with E-state index in [-0.39, 0.29) is 17.9 Å². The summed E-state index contributed by atoms with van der Waals surface area (Å²) in [5, 5.41) is 14.4. The summed E-state index contributed by atoms with van der Waals surface area (Å²) in [4.78, 5) is 23.3. The van der Waals surface area contributed by atoms with Crippen LogP contribution in [0.1, 0.15) is 0 Å². The van der Waals surface area contributed by atoms with Gasteiger partial charge in [-0.15, -0.1) is 6.08 Å². The summed E-state index contributed by atoms with van der Waals surface area (Å²) in [6.07, 6.45) is 2.89. The SMILES string of the molecule is O=C1C(C[NH+]2CCOCC2)O[CH-][N+]1=NC=C1C=C[C-]([N+](=O)[O-])O1. The highest BCUT2D eigenvalue weighted by Gasteiger charge is 2.34. The minimum atomic E-state index is -0.644. The second-order valence-electron chi connectivity index (χ2n) is 5.16. The second kappa shape index (κ2) is 6.77. The summed E-state index contributed by atoms with van der Waals surface area (Å²) in [6, 6.07) is 0. The predicted molar refractivity (Wildman–Crippen MR) is 71.8 cm³/mol. The molecule has 2 fully saturated rings. The van der Waals surface area contributed by atoms with Gasteiger partial charge in [0.1, 0.15) is 25.8 Å². The molecule has 1 amide bonds. The highest BCUT2D eigenvalue weighted by atomic mass is 16.7. The molecule has 1 unspecified atom stereocenters. The van der Waals surface area contributed by atoms with Crippen LogP contribution in [0.4, 0.5) is 0 Å². The van der Waals surface area contributed by atoms with Gasteiger partial charge < -0.3 is 23.9 Å². The van der Waals surface area contributed by atoms with Crippen LogP contribution < -0.4 is 4.90 Å². The van der Waals surface area contributed by atoms with Crippen molar-refractivity contribution >= 4 is 5.91 Å². The van der Waals surface area contributed by atoms with Crippen LogP contribution in [0.15, 0.2) is 29.2 Å². The fourth-order valence-electron chi connectivity index (χ4n) is 2.36.